The third-order valence-corrected chi connectivity index (χ3v) is 6.35. The summed E-state index contributed by atoms with van der Waals surface area (Å²) in [7, 11) is 0. The van der Waals surface area contributed by atoms with Gasteiger partial charge in [0.2, 0.25) is 5.91 Å². The van der Waals surface area contributed by atoms with E-state index in [2.05, 4.69) is 15.3 Å². The van der Waals surface area contributed by atoms with Crippen LogP contribution in [0, 0.1) is 6.92 Å². The normalized spacial score (nSPS) is 10.8. The average Bonchev–Trinajstić information content (AvgIpc) is 3.35. The predicted molar refractivity (Wildman–Crippen MR) is 123 cm³/mol. The van der Waals surface area contributed by atoms with Crippen molar-refractivity contribution in [3.8, 4) is 11.3 Å². The number of nitrogens with one attached hydrogen (secondary N) is 1. The zero-order chi connectivity index (χ0) is 20.9. The number of benzene rings is 2. The van der Waals surface area contributed by atoms with Gasteiger partial charge >= 0.3 is 0 Å². The molecule has 2 aromatic carbocycles. The first kappa shape index (κ1) is 20.2. The second kappa shape index (κ2) is 9.15. The van der Waals surface area contributed by atoms with Crippen LogP contribution >= 0.6 is 23.1 Å². The maximum Gasteiger partial charge on any atom is 0.231 e. The number of para-hydroxylation sites is 1. The van der Waals surface area contributed by atoms with Crippen LogP contribution in [0.4, 0.5) is 5.69 Å². The van der Waals surface area contributed by atoms with Crippen molar-refractivity contribution < 1.29 is 4.79 Å². The van der Waals surface area contributed by atoms with Crippen molar-refractivity contribution in [3.05, 3.63) is 82.4 Å². The van der Waals surface area contributed by atoms with Crippen LogP contribution in [0.2, 0.25) is 0 Å². The topological polar surface area (TPSA) is 85.8 Å². The van der Waals surface area contributed by atoms with Crippen LogP contribution in [0.5, 0.6) is 0 Å². The lowest BCUT2D eigenvalue weighted by atomic mass is 10.2. The number of imidazole rings is 1. The van der Waals surface area contributed by atoms with Crippen molar-refractivity contribution in [1.29, 1.82) is 0 Å². The van der Waals surface area contributed by atoms with Crippen LogP contribution in [-0.4, -0.2) is 20.6 Å². The number of aromatic nitrogens is 3. The molecule has 152 valence electrons. The number of carbonyl (C=O) groups is 1. The number of thiazole rings is 1. The number of rotatable bonds is 7. The fourth-order valence-corrected chi connectivity index (χ4v) is 4.60. The highest BCUT2D eigenvalue weighted by atomic mass is 32.2. The third kappa shape index (κ3) is 4.90. The number of hydrogen-bond acceptors (Lipinski definition) is 6. The van der Waals surface area contributed by atoms with E-state index in [1.807, 2.05) is 73.1 Å². The zero-order valence-corrected chi connectivity index (χ0v) is 18.0. The molecule has 0 saturated carbocycles. The van der Waals surface area contributed by atoms with Crippen molar-refractivity contribution in [1.82, 2.24) is 14.6 Å². The lowest BCUT2D eigenvalue weighted by Gasteiger charge is -2.06. The fourth-order valence-electron chi connectivity index (χ4n) is 2.91. The van der Waals surface area contributed by atoms with Gasteiger partial charge in [0, 0.05) is 22.4 Å². The standard InChI is InChI=1S/C22H21N5OS2/c1-15-7-5-6-10-18(15)25-20(28)11-21-24-17(13-29-21)14-30-22-26-19(12-27(22)23)16-8-3-2-4-9-16/h2-10,12-13H,11,14,23H2,1H3,(H,25,28). The molecule has 2 aromatic heterocycles. The van der Waals surface area contributed by atoms with Crippen LogP contribution in [0.3, 0.4) is 0 Å². The Hall–Kier alpha value is -3.10. The Labute approximate surface area is 183 Å². The molecule has 0 radical (unpaired) electrons. The van der Waals surface area contributed by atoms with Gasteiger partial charge in [0.25, 0.3) is 0 Å². The SMILES string of the molecule is Cc1ccccc1NC(=O)Cc1nc(CSc2nc(-c3ccccc3)cn2N)cs1. The smallest absolute Gasteiger partial charge is 0.231 e. The van der Waals surface area contributed by atoms with Crippen molar-refractivity contribution in [2.24, 2.45) is 0 Å². The van der Waals surface area contributed by atoms with Gasteiger partial charge in [0.1, 0.15) is 5.01 Å². The quantitative estimate of drug-likeness (QED) is 0.330. The van der Waals surface area contributed by atoms with Crippen molar-refractivity contribution in [3.63, 3.8) is 0 Å². The zero-order valence-electron chi connectivity index (χ0n) is 16.4. The summed E-state index contributed by atoms with van der Waals surface area (Å²) in [5, 5.41) is 6.43. The van der Waals surface area contributed by atoms with Crippen LogP contribution in [0.25, 0.3) is 11.3 Å². The molecule has 0 unspecified atom stereocenters. The molecule has 8 heteroatoms. The van der Waals surface area contributed by atoms with Gasteiger partial charge in [-0.1, -0.05) is 60.3 Å². The number of amides is 1. The minimum absolute atomic E-state index is 0.0668. The number of nitrogen functional groups attached to an aromatic ring is 1. The second-order valence-corrected chi connectivity index (χ2v) is 8.63. The van der Waals surface area contributed by atoms with Gasteiger partial charge < -0.3 is 11.2 Å². The van der Waals surface area contributed by atoms with Crippen LogP contribution in [0.15, 0.2) is 71.3 Å². The molecule has 0 aliphatic rings. The van der Waals surface area contributed by atoms with E-state index in [9.17, 15) is 4.79 Å². The van der Waals surface area contributed by atoms with E-state index in [4.69, 9.17) is 5.84 Å². The van der Waals surface area contributed by atoms with E-state index in [0.29, 0.717) is 5.75 Å². The number of anilines is 1. The Morgan fingerprint density at radius 1 is 1.13 bits per heavy atom. The third-order valence-electron chi connectivity index (χ3n) is 4.45. The molecule has 3 N–H and O–H groups in total. The Morgan fingerprint density at radius 2 is 1.90 bits per heavy atom. The molecule has 0 saturated heterocycles. The molecule has 0 atom stereocenters. The van der Waals surface area contributed by atoms with Crippen LogP contribution in [-0.2, 0) is 17.0 Å². The highest BCUT2D eigenvalue weighted by Gasteiger charge is 2.12. The Balaban J connectivity index is 1.34. The number of nitrogens with two attached hydrogens (primary N) is 1. The van der Waals surface area contributed by atoms with Gasteiger partial charge in [-0.15, -0.1) is 11.3 Å². The summed E-state index contributed by atoms with van der Waals surface area (Å²) in [5.41, 5.74) is 4.65. The molecular formula is C22H21N5OS2. The monoisotopic (exact) mass is 435 g/mol. The summed E-state index contributed by atoms with van der Waals surface area (Å²) in [5.74, 6) is 6.63. The molecule has 1 amide bonds. The number of aryl methyl sites for hydroxylation is 1. The summed E-state index contributed by atoms with van der Waals surface area (Å²) in [6.07, 6.45) is 2.08. The maximum absolute atomic E-state index is 12.3. The number of nitrogens with zero attached hydrogens (tertiary/aromatic N) is 3. The van der Waals surface area contributed by atoms with Crippen molar-refractivity contribution in [2.75, 3.05) is 11.2 Å². The highest BCUT2D eigenvalue weighted by molar-refractivity contribution is 7.98. The van der Waals surface area contributed by atoms with Gasteiger partial charge in [-0.3, -0.25) is 4.79 Å². The number of hydrogen-bond donors (Lipinski definition) is 2. The van der Waals surface area contributed by atoms with Gasteiger partial charge in [-0.05, 0) is 18.6 Å². The Kier molecular flexibility index (Phi) is 6.15. The van der Waals surface area contributed by atoms with E-state index >= 15 is 0 Å². The number of thioether (sulfide) groups is 1. The largest absolute Gasteiger partial charge is 0.337 e. The molecule has 6 nitrogen and oxygen atoms in total. The predicted octanol–water partition coefficient (Wildman–Crippen LogP) is 4.50. The van der Waals surface area contributed by atoms with E-state index in [-0.39, 0.29) is 12.3 Å². The lowest BCUT2D eigenvalue weighted by Crippen LogP contribution is -2.15. The average molecular weight is 436 g/mol. The molecule has 4 rings (SSSR count). The molecule has 30 heavy (non-hydrogen) atoms. The molecule has 0 aliphatic carbocycles. The van der Waals surface area contributed by atoms with Gasteiger partial charge in [0.15, 0.2) is 5.16 Å². The summed E-state index contributed by atoms with van der Waals surface area (Å²) < 4.78 is 1.54. The van der Waals surface area contributed by atoms with Gasteiger partial charge in [-0.25, -0.2) is 14.6 Å². The second-order valence-electron chi connectivity index (χ2n) is 6.74. The molecule has 0 bridgehead atoms. The molecule has 2 heterocycles. The summed E-state index contributed by atoms with van der Waals surface area (Å²) >= 11 is 3.01. The van der Waals surface area contributed by atoms with E-state index < -0.39 is 0 Å². The first-order chi connectivity index (χ1) is 14.6. The van der Waals surface area contributed by atoms with E-state index in [1.165, 1.54) is 27.8 Å². The van der Waals surface area contributed by atoms with Crippen LogP contribution in [0.1, 0.15) is 16.3 Å². The van der Waals surface area contributed by atoms with Crippen LogP contribution < -0.4 is 11.2 Å². The first-order valence-corrected chi connectivity index (χ1v) is 11.3. The van der Waals surface area contributed by atoms with E-state index in [1.54, 1.807) is 0 Å². The van der Waals surface area contributed by atoms with E-state index in [0.717, 1.165) is 38.4 Å². The van der Waals surface area contributed by atoms with Gasteiger partial charge in [-0.2, -0.15) is 0 Å². The molecule has 0 aliphatic heterocycles. The molecule has 4 aromatic rings. The molecule has 0 fully saturated rings. The summed E-state index contributed by atoms with van der Waals surface area (Å²) in [6.45, 7) is 1.97. The van der Waals surface area contributed by atoms with Crippen molar-refractivity contribution in [2.45, 2.75) is 24.3 Å². The van der Waals surface area contributed by atoms with Crippen molar-refractivity contribution >= 4 is 34.7 Å². The first-order valence-electron chi connectivity index (χ1n) is 9.40. The highest BCUT2D eigenvalue weighted by Crippen LogP contribution is 2.26. The summed E-state index contributed by atoms with van der Waals surface area (Å²) in [6, 6.07) is 17.7. The van der Waals surface area contributed by atoms with Gasteiger partial charge in [0.05, 0.1) is 24.0 Å². The molecular weight excluding hydrogens is 414 g/mol. The molecule has 0 spiro atoms. The maximum atomic E-state index is 12.3. The minimum atomic E-state index is -0.0668. The Bertz CT molecular complexity index is 1150. The minimum Gasteiger partial charge on any atom is -0.337 e. The Morgan fingerprint density at radius 3 is 2.70 bits per heavy atom. The fraction of sp³-hybridized carbons (Fsp3) is 0.136. The lowest BCUT2D eigenvalue weighted by molar-refractivity contribution is -0.115. The summed E-state index contributed by atoms with van der Waals surface area (Å²) in [4.78, 5) is 21.5. The number of carbonyl (C=O) groups excluding carboxylic acids is 1.